The smallest absolute Gasteiger partial charge is 0.313 e. The minimum Gasteiger partial charge on any atom is -0.481 e. The van der Waals surface area contributed by atoms with Gasteiger partial charge in [0, 0.05) is 30.5 Å². The third-order valence-corrected chi connectivity index (χ3v) is 4.43. The highest BCUT2D eigenvalue weighted by Gasteiger charge is 2.44. The first-order valence-corrected chi connectivity index (χ1v) is 7.91. The summed E-state index contributed by atoms with van der Waals surface area (Å²) in [6, 6.07) is 10.1. The second-order valence-corrected chi connectivity index (χ2v) is 6.28. The molecule has 3 rings (SSSR count). The van der Waals surface area contributed by atoms with Gasteiger partial charge in [-0.25, -0.2) is 0 Å². The molecule has 0 spiro atoms. The zero-order valence-electron chi connectivity index (χ0n) is 13.8. The van der Waals surface area contributed by atoms with Crippen LogP contribution in [0.15, 0.2) is 42.6 Å². The lowest BCUT2D eigenvalue weighted by molar-refractivity contribution is -0.140. The Hall–Kier alpha value is -2.60. The van der Waals surface area contributed by atoms with Gasteiger partial charge >= 0.3 is 5.97 Å². The monoisotopic (exact) mass is 327 g/mol. The highest BCUT2D eigenvalue weighted by Crippen LogP contribution is 2.42. The van der Waals surface area contributed by atoms with Crippen LogP contribution in [0, 0.1) is 0 Å². The zero-order chi connectivity index (χ0) is 17.3. The Kier molecular flexibility index (Phi) is 4.40. The molecule has 0 aliphatic carbocycles. The Morgan fingerprint density at radius 1 is 1.25 bits per heavy atom. The summed E-state index contributed by atoms with van der Waals surface area (Å²) in [5.41, 5.74) is 1.80. The van der Waals surface area contributed by atoms with Crippen molar-refractivity contribution in [2.75, 3.05) is 27.2 Å². The average molecular weight is 327 g/mol. The number of carboxylic acid groups (broad SMARTS) is 1. The Bertz CT molecular complexity index is 740. The van der Waals surface area contributed by atoms with Gasteiger partial charge in [-0.1, -0.05) is 18.2 Å². The van der Waals surface area contributed by atoms with Crippen LogP contribution >= 0.6 is 0 Å². The van der Waals surface area contributed by atoms with Crippen molar-refractivity contribution in [3.63, 3.8) is 0 Å². The van der Waals surface area contributed by atoms with Crippen LogP contribution in [-0.4, -0.2) is 59.0 Å². The second-order valence-electron chi connectivity index (χ2n) is 6.28. The molecule has 1 aromatic heterocycles. The number of fused-ring (bicyclic) bond motifs is 1. The van der Waals surface area contributed by atoms with Crippen LogP contribution < -0.4 is 0 Å². The highest BCUT2D eigenvalue weighted by atomic mass is 16.4. The van der Waals surface area contributed by atoms with Gasteiger partial charge in [-0.3, -0.25) is 9.59 Å². The van der Waals surface area contributed by atoms with Crippen molar-refractivity contribution in [1.82, 2.24) is 14.8 Å². The topological polar surface area (TPSA) is 76.6 Å². The number of likely N-dealkylation sites (N-methyl/N-ethyl adjacent to an activating group) is 1. The number of carboxylic acids is 1. The molecule has 1 aliphatic heterocycles. The number of hydrogen-bond acceptors (Lipinski definition) is 3. The van der Waals surface area contributed by atoms with Gasteiger partial charge in [0.05, 0.1) is 6.04 Å². The number of rotatable bonds is 5. The van der Waals surface area contributed by atoms with E-state index < -0.39 is 17.9 Å². The first kappa shape index (κ1) is 16.3. The Labute approximate surface area is 140 Å². The van der Waals surface area contributed by atoms with Crippen molar-refractivity contribution >= 4 is 11.9 Å². The summed E-state index contributed by atoms with van der Waals surface area (Å²) in [5, 5.41) is 9.87. The molecule has 6 nitrogen and oxygen atoms in total. The molecule has 0 fully saturated rings. The quantitative estimate of drug-likeness (QED) is 0.880. The van der Waals surface area contributed by atoms with Crippen molar-refractivity contribution in [2.24, 2.45) is 0 Å². The highest BCUT2D eigenvalue weighted by molar-refractivity contribution is 6.00. The van der Waals surface area contributed by atoms with Gasteiger partial charge in [0.25, 0.3) is 5.91 Å². The lowest BCUT2D eigenvalue weighted by Crippen LogP contribution is -2.47. The van der Waals surface area contributed by atoms with Crippen molar-refractivity contribution in [3.8, 4) is 0 Å². The summed E-state index contributed by atoms with van der Waals surface area (Å²) < 4.78 is 0. The fraction of sp³-hybridized carbons (Fsp3) is 0.333. The number of aliphatic carboxylic acids is 1. The summed E-state index contributed by atoms with van der Waals surface area (Å²) in [6.45, 7) is 1.13. The molecule has 2 atom stereocenters. The molecule has 126 valence electrons. The van der Waals surface area contributed by atoms with Gasteiger partial charge < -0.3 is 19.9 Å². The second kappa shape index (κ2) is 6.49. The molecule has 6 heteroatoms. The molecule has 2 unspecified atom stereocenters. The lowest BCUT2D eigenvalue weighted by atomic mass is 9.81. The number of benzene rings is 1. The van der Waals surface area contributed by atoms with Gasteiger partial charge in [0.15, 0.2) is 0 Å². The van der Waals surface area contributed by atoms with Crippen molar-refractivity contribution in [2.45, 2.75) is 12.0 Å². The number of amides is 1. The van der Waals surface area contributed by atoms with Crippen molar-refractivity contribution < 1.29 is 14.7 Å². The van der Waals surface area contributed by atoms with Gasteiger partial charge in [0.2, 0.25) is 0 Å². The van der Waals surface area contributed by atoms with Crippen molar-refractivity contribution in [1.29, 1.82) is 0 Å². The number of H-pyrrole nitrogens is 1. The summed E-state index contributed by atoms with van der Waals surface area (Å²) in [5.74, 6) is -1.84. The van der Waals surface area contributed by atoms with Crippen LogP contribution in [0.3, 0.4) is 0 Å². The number of aromatic nitrogens is 1. The van der Waals surface area contributed by atoms with E-state index in [1.807, 2.05) is 31.1 Å². The molecule has 0 saturated heterocycles. The van der Waals surface area contributed by atoms with Crippen LogP contribution in [0.4, 0.5) is 0 Å². The fourth-order valence-corrected chi connectivity index (χ4v) is 3.29. The molecule has 0 radical (unpaired) electrons. The van der Waals surface area contributed by atoms with Crippen LogP contribution in [0.2, 0.25) is 0 Å². The summed E-state index contributed by atoms with van der Waals surface area (Å²) >= 11 is 0. The standard InChI is InChI=1S/C18H21N3O3/c1-20(2)10-11-21-16(14-8-5-9-19-14)15(18(23)24)12-6-3-4-7-13(12)17(21)22/h3-9,15-16,19H,10-11H2,1-2H3,(H,23,24). The molecule has 2 aromatic rings. The van der Waals surface area contributed by atoms with Crippen LogP contribution in [0.5, 0.6) is 0 Å². The Balaban J connectivity index is 2.12. The molecular weight excluding hydrogens is 306 g/mol. The summed E-state index contributed by atoms with van der Waals surface area (Å²) in [4.78, 5) is 31.8. The van der Waals surface area contributed by atoms with E-state index in [0.29, 0.717) is 24.2 Å². The number of nitrogens with one attached hydrogen (secondary N) is 1. The number of aromatic amines is 1. The van der Waals surface area contributed by atoms with E-state index in [2.05, 4.69) is 4.98 Å². The van der Waals surface area contributed by atoms with Gasteiger partial charge in [-0.15, -0.1) is 0 Å². The van der Waals surface area contributed by atoms with E-state index in [4.69, 9.17) is 0 Å². The van der Waals surface area contributed by atoms with E-state index in [1.165, 1.54) is 0 Å². The fourth-order valence-electron chi connectivity index (χ4n) is 3.29. The van der Waals surface area contributed by atoms with E-state index in [-0.39, 0.29) is 5.91 Å². The largest absolute Gasteiger partial charge is 0.481 e. The maximum Gasteiger partial charge on any atom is 0.313 e. The van der Waals surface area contributed by atoms with Crippen LogP contribution in [-0.2, 0) is 4.79 Å². The van der Waals surface area contributed by atoms with Crippen molar-refractivity contribution in [3.05, 3.63) is 59.4 Å². The summed E-state index contributed by atoms with van der Waals surface area (Å²) in [7, 11) is 3.86. The number of carbonyl (C=O) groups is 2. The first-order valence-electron chi connectivity index (χ1n) is 7.91. The molecule has 2 heterocycles. The summed E-state index contributed by atoms with van der Waals surface area (Å²) in [6.07, 6.45) is 1.75. The minimum absolute atomic E-state index is 0.121. The SMILES string of the molecule is CN(C)CCN1C(=O)c2ccccc2C(C(=O)O)C1c1ccc[nH]1. The molecular formula is C18H21N3O3. The Morgan fingerprint density at radius 3 is 2.62 bits per heavy atom. The minimum atomic E-state index is -0.926. The van der Waals surface area contributed by atoms with E-state index in [0.717, 1.165) is 5.69 Å². The maximum absolute atomic E-state index is 13.0. The maximum atomic E-state index is 13.0. The molecule has 24 heavy (non-hydrogen) atoms. The number of carbonyl (C=O) groups excluding carboxylic acids is 1. The normalized spacial score (nSPS) is 20.3. The van der Waals surface area contributed by atoms with E-state index >= 15 is 0 Å². The molecule has 0 bridgehead atoms. The average Bonchev–Trinajstić information content (AvgIpc) is 3.07. The van der Waals surface area contributed by atoms with E-state index in [1.54, 1.807) is 35.4 Å². The van der Waals surface area contributed by atoms with Gasteiger partial charge in [0.1, 0.15) is 5.92 Å². The molecule has 1 aliphatic rings. The van der Waals surface area contributed by atoms with Gasteiger partial charge in [-0.05, 0) is 37.9 Å². The predicted octanol–water partition coefficient (Wildman–Crippen LogP) is 1.94. The Morgan fingerprint density at radius 2 is 2.00 bits per heavy atom. The molecule has 0 saturated carbocycles. The molecule has 2 N–H and O–H groups in total. The van der Waals surface area contributed by atoms with Crippen LogP contribution in [0.25, 0.3) is 0 Å². The predicted molar refractivity (Wildman–Crippen MR) is 89.9 cm³/mol. The first-order chi connectivity index (χ1) is 11.5. The molecule has 1 aromatic carbocycles. The lowest BCUT2D eigenvalue weighted by Gasteiger charge is -2.40. The zero-order valence-corrected chi connectivity index (χ0v) is 13.8. The van der Waals surface area contributed by atoms with Gasteiger partial charge in [-0.2, -0.15) is 0 Å². The molecule has 1 amide bonds. The number of hydrogen-bond donors (Lipinski definition) is 2. The third kappa shape index (κ3) is 2.80. The van der Waals surface area contributed by atoms with Crippen LogP contribution in [0.1, 0.15) is 33.6 Å². The third-order valence-electron chi connectivity index (χ3n) is 4.43. The number of nitrogens with zero attached hydrogens (tertiary/aromatic N) is 2. The van der Waals surface area contributed by atoms with E-state index in [9.17, 15) is 14.7 Å².